The van der Waals surface area contributed by atoms with Crippen molar-refractivity contribution < 1.29 is 9.53 Å². The van der Waals surface area contributed by atoms with E-state index in [1.165, 1.54) is 7.11 Å². The van der Waals surface area contributed by atoms with Crippen molar-refractivity contribution in [2.24, 2.45) is 5.92 Å². The number of aromatic nitrogens is 2. The number of rotatable bonds is 3. The first-order valence-electron chi connectivity index (χ1n) is 7.14. The lowest BCUT2D eigenvalue weighted by atomic mass is 9.88. The third-order valence-electron chi connectivity index (χ3n) is 4.14. The first-order chi connectivity index (χ1) is 10.6. The van der Waals surface area contributed by atoms with Gasteiger partial charge in [0.2, 0.25) is 0 Å². The maximum Gasteiger partial charge on any atom is 0.309 e. The fraction of sp³-hybridized carbons (Fsp3) is 0.375. The number of esters is 1. The van der Waals surface area contributed by atoms with Crippen LogP contribution in [0.15, 0.2) is 24.4 Å². The summed E-state index contributed by atoms with van der Waals surface area (Å²) in [6.07, 6.45) is 4.09. The van der Waals surface area contributed by atoms with Crippen molar-refractivity contribution in [2.75, 3.05) is 7.11 Å². The van der Waals surface area contributed by atoms with Gasteiger partial charge < -0.3 is 4.74 Å². The Hall–Kier alpha value is -1.52. The van der Waals surface area contributed by atoms with Crippen LogP contribution in [0.5, 0.6) is 0 Å². The summed E-state index contributed by atoms with van der Waals surface area (Å²) in [5.41, 5.74) is 3.12. The number of halogens is 2. The van der Waals surface area contributed by atoms with Crippen LogP contribution in [-0.4, -0.2) is 22.9 Å². The lowest BCUT2D eigenvalue weighted by Crippen LogP contribution is -2.24. The summed E-state index contributed by atoms with van der Waals surface area (Å²) < 4.78 is 6.76. The summed E-state index contributed by atoms with van der Waals surface area (Å²) in [7, 11) is 1.43. The molecule has 0 amide bonds. The van der Waals surface area contributed by atoms with Gasteiger partial charge in [0, 0.05) is 21.3 Å². The zero-order chi connectivity index (χ0) is 15.7. The van der Waals surface area contributed by atoms with Gasteiger partial charge in [0.1, 0.15) is 0 Å². The van der Waals surface area contributed by atoms with Gasteiger partial charge in [0.15, 0.2) is 0 Å². The molecular weight excluding hydrogens is 323 g/mol. The van der Waals surface area contributed by atoms with Crippen molar-refractivity contribution in [1.29, 1.82) is 0 Å². The highest BCUT2D eigenvalue weighted by Gasteiger charge is 2.28. The number of nitrogens with zero attached hydrogens (tertiary/aromatic N) is 2. The Morgan fingerprint density at radius 3 is 2.82 bits per heavy atom. The average molecular weight is 339 g/mol. The van der Waals surface area contributed by atoms with Crippen molar-refractivity contribution >= 4 is 29.2 Å². The van der Waals surface area contributed by atoms with Gasteiger partial charge in [0.05, 0.1) is 25.8 Å². The predicted molar refractivity (Wildman–Crippen MR) is 85.3 cm³/mol. The second-order valence-electron chi connectivity index (χ2n) is 5.44. The summed E-state index contributed by atoms with van der Waals surface area (Å²) in [6, 6.07) is 5.48. The van der Waals surface area contributed by atoms with Crippen molar-refractivity contribution in [3.63, 3.8) is 0 Å². The Bertz CT molecular complexity index is 692. The van der Waals surface area contributed by atoms with Crippen molar-refractivity contribution in [3.05, 3.63) is 51.3 Å². The zero-order valence-corrected chi connectivity index (χ0v) is 13.7. The highest BCUT2D eigenvalue weighted by atomic mass is 35.5. The van der Waals surface area contributed by atoms with Gasteiger partial charge in [0.25, 0.3) is 0 Å². The van der Waals surface area contributed by atoms with Crippen LogP contribution in [0, 0.1) is 5.92 Å². The first-order valence-corrected chi connectivity index (χ1v) is 7.90. The minimum atomic E-state index is -0.146. The Balaban J connectivity index is 1.84. The molecule has 1 aliphatic carbocycles. The number of benzene rings is 1. The number of carbonyl (C=O) groups is 1. The number of fused-ring (bicyclic) bond motifs is 1. The van der Waals surface area contributed by atoms with Crippen LogP contribution < -0.4 is 0 Å². The van der Waals surface area contributed by atoms with E-state index < -0.39 is 0 Å². The van der Waals surface area contributed by atoms with Crippen molar-refractivity contribution in [3.8, 4) is 0 Å². The number of ether oxygens (including phenoxy) is 1. The molecule has 1 atom stereocenters. The summed E-state index contributed by atoms with van der Waals surface area (Å²) in [4.78, 5) is 11.7. The molecule has 0 radical (unpaired) electrons. The topological polar surface area (TPSA) is 44.1 Å². The number of hydrogen-bond donors (Lipinski definition) is 0. The lowest BCUT2D eigenvalue weighted by molar-refractivity contribution is -0.145. The van der Waals surface area contributed by atoms with E-state index in [0.29, 0.717) is 23.0 Å². The molecular formula is C16H16Cl2N2O2. The van der Waals surface area contributed by atoms with Crippen LogP contribution in [0.2, 0.25) is 10.0 Å². The normalized spacial score (nSPS) is 17.1. The molecule has 0 N–H and O–H groups in total. The lowest BCUT2D eigenvalue weighted by Gasteiger charge is -2.21. The second kappa shape index (κ2) is 6.31. The van der Waals surface area contributed by atoms with Gasteiger partial charge in [-0.1, -0.05) is 29.3 Å². The third-order valence-corrected chi connectivity index (χ3v) is 4.84. The van der Waals surface area contributed by atoms with Gasteiger partial charge in [-0.25, -0.2) is 0 Å². The van der Waals surface area contributed by atoms with Crippen LogP contribution in [0.4, 0.5) is 0 Å². The molecule has 3 rings (SSSR count). The van der Waals surface area contributed by atoms with E-state index in [0.717, 1.165) is 29.7 Å². The molecule has 1 aliphatic rings. The molecule has 0 saturated heterocycles. The van der Waals surface area contributed by atoms with Crippen LogP contribution >= 0.6 is 23.2 Å². The van der Waals surface area contributed by atoms with Gasteiger partial charge >= 0.3 is 5.97 Å². The number of carbonyl (C=O) groups excluding carboxylic acids is 1. The Morgan fingerprint density at radius 2 is 2.14 bits per heavy atom. The van der Waals surface area contributed by atoms with E-state index in [1.54, 1.807) is 0 Å². The van der Waals surface area contributed by atoms with E-state index in [1.807, 2.05) is 29.1 Å². The molecule has 0 unspecified atom stereocenters. The fourth-order valence-electron chi connectivity index (χ4n) is 2.93. The summed E-state index contributed by atoms with van der Waals surface area (Å²) in [5, 5.41) is 5.72. The minimum Gasteiger partial charge on any atom is -0.469 e. The summed E-state index contributed by atoms with van der Waals surface area (Å²) in [6.45, 7) is 0.538. The highest BCUT2D eigenvalue weighted by Crippen LogP contribution is 2.29. The van der Waals surface area contributed by atoms with E-state index in [-0.39, 0.29) is 11.9 Å². The molecule has 2 aromatic rings. The Kier molecular flexibility index (Phi) is 4.41. The molecule has 1 aromatic heterocycles. The molecule has 22 heavy (non-hydrogen) atoms. The molecule has 0 bridgehead atoms. The van der Waals surface area contributed by atoms with E-state index >= 15 is 0 Å². The smallest absolute Gasteiger partial charge is 0.309 e. The molecule has 1 aromatic carbocycles. The second-order valence-corrected chi connectivity index (χ2v) is 6.25. The van der Waals surface area contributed by atoms with Crippen LogP contribution in [0.3, 0.4) is 0 Å². The highest BCUT2D eigenvalue weighted by molar-refractivity contribution is 6.35. The molecule has 116 valence electrons. The predicted octanol–water partition coefficient (Wildman–Crippen LogP) is 3.52. The van der Waals surface area contributed by atoms with Crippen LogP contribution in [-0.2, 0) is 28.9 Å². The maximum atomic E-state index is 11.7. The fourth-order valence-corrected chi connectivity index (χ4v) is 3.44. The minimum absolute atomic E-state index is 0.0703. The third kappa shape index (κ3) is 2.85. The molecule has 0 spiro atoms. The molecule has 0 saturated carbocycles. The number of methoxy groups -OCH3 is 1. The maximum absolute atomic E-state index is 11.7. The SMILES string of the molecule is COC(=O)[C@H]1CCc2c(cnn2Cc2c(Cl)cccc2Cl)C1. The van der Waals surface area contributed by atoms with E-state index in [9.17, 15) is 4.79 Å². The monoisotopic (exact) mass is 338 g/mol. The van der Waals surface area contributed by atoms with Crippen molar-refractivity contribution in [2.45, 2.75) is 25.8 Å². The van der Waals surface area contributed by atoms with Crippen LogP contribution in [0.1, 0.15) is 23.2 Å². The van der Waals surface area contributed by atoms with E-state index in [2.05, 4.69) is 5.10 Å². The van der Waals surface area contributed by atoms with Gasteiger partial charge in [-0.3, -0.25) is 9.48 Å². The van der Waals surface area contributed by atoms with Gasteiger partial charge in [-0.05, 0) is 37.0 Å². The van der Waals surface area contributed by atoms with Gasteiger partial charge in [-0.2, -0.15) is 5.10 Å². The molecule has 0 fully saturated rings. The van der Waals surface area contributed by atoms with E-state index in [4.69, 9.17) is 27.9 Å². The Labute approximate surface area is 139 Å². The zero-order valence-electron chi connectivity index (χ0n) is 12.2. The molecule has 4 nitrogen and oxygen atoms in total. The Morgan fingerprint density at radius 1 is 1.41 bits per heavy atom. The molecule has 1 heterocycles. The largest absolute Gasteiger partial charge is 0.469 e. The molecule has 6 heteroatoms. The van der Waals surface area contributed by atoms with Crippen LogP contribution in [0.25, 0.3) is 0 Å². The first kappa shape index (κ1) is 15.4. The number of hydrogen-bond acceptors (Lipinski definition) is 3. The average Bonchev–Trinajstić information content (AvgIpc) is 2.92. The molecule has 0 aliphatic heterocycles. The van der Waals surface area contributed by atoms with Crippen molar-refractivity contribution in [1.82, 2.24) is 9.78 Å². The van der Waals surface area contributed by atoms with Gasteiger partial charge in [-0.15, -0.1) is 0 Å². The quantitative estimate of drug-likeness (QED) is 0.804. The standard InChI is InChI=1S/C16H16Cl2N2O2/c1-22-16(21)10-5-6-15-11(7-10)8-19-20(15)9-12-13(17)3-2-4-14(12)18/h2-4,8,10H,5-7,9H2,1H3/t10-/m0/s1. The summed E-state index contributed by atoms with van der Waals surface area (Å²) in [5.74, 6) is -0.216. The summed E-state index contributed by atoms with van der Waals surface area (Å²) >= 11 is 12.5.